The number of likely N-dealkylation sites (N-methyl/N-ethyl adjacent to an activating group) is 2. The number of aromatic nitrogens is 3. The van der Waals surface area contributed by atoms with Crippen LogP contribution >= 0.6 is 23.2 Å². The number of hydrogen-bond acceptors (Lipinski definition) is 6. The van der Waals surface area contributed by atoms with Crippen LogP contribution in [0.1, 0.15) is 16.2 Å². The van der Waals surface area contributed by atoms with Crippen molar-refractivity contribution in [2.75, 3.05) is 39.2 Å². The number of aryl methyl sites for hydroxylation is 1. The van der Waals surface area contributed by atoms with Gasteiger partial charge in [-0.15, -0.1) is 0 Å². The van der Waals surface area contributed by atoms with E-state index < -0.39 is 0 Å². The lowest BCUT2D eigenvalue weighted by Crippen LogP contribution is -2.36. The van der Waals surface area contributed by atoms with Crippen molar-refractivity contribution in [3.8, 4) is 5.88 Å². The van der Waals surface area contributed by atoms with Gasteiger partial charge in [-0.3, -0.25) is 4.79 Å². The molecule has 2 aromatic heterocycles. The zero-order valence-corrected chi connectivity index (χ0v) is 16.0. The molecule has 0 bridgehead atoms. The van der Waals surface area contributed by atoms with Gasteiger partial charge in [0, 0.05) is 45.1 Å². The average molecular weight is 384 g/mol. The first kappa shape index (κ1) is 19.2. The molecule has 0 fully saturated rings. The van der Waals surface area contributed by atoms with Crippen molar-refractivity contribution in [2.45, 2.75) is 6.92 Å². The first-order valence-electron chi connectivity index (χ1n) is 7.49. The molecule has 0 spiro atoms. The summed E-state index contributed by atoms with van der Waals surface area (Å²) >= 11 is 11.8. The highest BCUT2D eigenvalue weighted by atomic mass is 35.5. The minimum absolute atomic E-state index is 0.171. The molecule has 0 aliphatic carbocycles. The van der Waals surface area contributed by atoms with Crippen LogP contribution in [0, 0.1) is 6.92 Å². The molecule has 0 unspecified atom stereocenters. The van der Waals surface area contributed by atoms with Crippen LogP contribution in [-0.2, 0) is 0 Å². The predicted octanol–water partition coefficient (Wildman–Crippen LogP) is 2.70. The highest BCUT2D eigenvalue weighted by molar-refractivity contribution is 6.36. The van der Waals surface area contributed by atoms with E-state index in [2.05, 4.69) is 15.0 Å². The maximum absolute atomic E-state index is 12.4. The van der Waals surface area contributed by atoms with E-state index in [0.717, 1.165) is 5.69 Å². The Morgan fingerprint density at radius 3 is 2.56 bits per heavy atom. The highest BCUT2D eigenvalue weighted by Gasteiger charge is 2.18. The number of nitrogens with zero attached hydrogens (tertiary/aromatic N) is 5. The molecule has 0 radical (unpaired) electrons. The normalized spacial score (nSPS) is 10.5. The lowest BCUT2D eigenvalue weighted by atomic mass is 10.3. The molecule has 25 heavy (non-hydrogen) atoms. The highest BCUT2D eigenvalue weighted by Crippen LogP contribution is 2.19. The fraction of sp³-hybridized carbons (Fsp3) is 0.375. The van der Waals surface area contributed by atoms with E-state index in [-0.39, 0.29) is 16.6 Å². The van der Waals surface area contributed by atoms with Gasteiger partial charge in [0.05, 0.1) is 17.2 Å². The van der Waals surface area contributed by atoms with E-state index in [1.54, 1.807) is 20.2 Å². The number of hydrogen-bond donors (Lipinski definition) is 0. The Kier molecular flexibility index (Phi) is 6.39. The number of carbonyl (C=O) groups excluding carboxylic acids is 1. The van der Waals surface area contributed by atoms with Gasteiger partial charge in [-0.1, -0.05) is 23.2 Å². The summed E-state index contributed by atoms with van der Waals surface area (Å²) in [5, 5.41) is 0.610. The van der Waals surface area contributed by atoms with Gasteiger partial charge in [0.25, 0.3) is 5.91 Å². The van der Waals surface area contributed by atoms with Crippen molar-refractivity contribution in [1.82, 2.24) is 19.9 Å². The Bertz CT molecular complexity index is 772. The Hall–Kier alpha value is -2.12. The summed E-state index contributed by atoms with van der Waals surface area (Å²) in [6, 6.07) is 3.25. The molecule has 2 aromatic rings. The summed E-state index contributed by atoms with van der Waals surface area (Å²) in [5.41, 5.74) is 0.972. The van der Waals surface area contributed by atoms with Gasteiger partial charge in [0.15, 0.2) is 0 Å². The number of anilines is 1. The number of halogens is 2. The van der Waals surface area contributed by atoms with Gasteiger partial charge in [0.1, 0.15) is 5.69 Å². The van der Waals surface area contributed by atoms with Gasteiger partial charge in [-0.25, -0.2) is 9.97 Å². The molecule has 0 aromatic carbocycles. The maximum atomic E-state index is 12.4. The van der Waals surface area contributed by atoms with Crippen molar-refractivity contribution >= 4 is 35.1 Å². The summed E-state index contributed by atoms with van der Waals surface area (Å²) < 4.78 is 5.15. The second-order valence-corrected chi connectivity index (χ2v) is 6.33. The van der Waals surface area contributed by atoms with Gasteiger partial charge in [-0.05, 0) is 13.0 Å². The first-order valence-corrected chi connectivity index (χ1v) is 8.24. The summed E-state index contributed by atoms with van der Waals surface area (Å²) in [6.07, 6.45) is 1.40. The van der Waals surface area contributed by atoms with Crippen molar-refractivity contribution in [1.29, 1.82) is 0 Å². The SMILES string of the molecule is COc1cc(C)nc(N(C)CCN(C)C(=O)c2ncc(Cl)cc2Cl)n1. The smallest absolute Gasteiger partial charge is 0.273 e. The van der Waals surface area contributed by atoms with Crippen molar-refractivity contribution in [2.24, 2.45) is 0 Å². The van der Waals surface area contributed by atoms with Gasteiger partial charge >= 0.3 is 0 Å². The standard InChI is InChI=1S/C16H19Cl2N5O2/c1-10-7-13(25-4)21-16(20-10)23(3)6-5-22(2)15(24)14-12(18)8-11(17)9-19-14/h7-9H,5-6H2,1-4H3. The lowest BCUT2D eigenvalue weighted by Gasteiger charge is -2.22. The van der Waals surface area contributed by atoms with Crippen molar-refractivity contribution < 1.29 is 9.53 Å². The fourth-order valence-electron chi connectivity index (χ4n) is 2.05. The van der Waals surface area contributed by atoms with E-state index in [0.29, 0.717) is 29.9 Å². The first-order chi connectivity index (χ1) is 11.8. The van der Waals surface area contributed by atoms with E-state index in [1.807, 2.05) is 18.9 Å². The third-order valence-corrected chi connectivity index (χ3v) is 3.99. The van der Waals surface area contributed by atoms with Gasteiger partial charge in [0.2, 0.25) is 11.8 Å². The van der Waals surface area contributed by atoms with E-state index in [1.165, 1.54) is 17.2 Å². The van der Waals surface area contributed by atoms with Crippen molar-refractivity contribution in [3.63, 3.8) is 0 Å². The molecule has 0 N–H and O–H groups in total. The van der Waals surface area contributed by atoms with Gasteiger partial charge < -0.3 is 14.5 Å². The molecule has 7 nitrogen and oxygen atoms in total. The Morgan fingerprint density at radius 2 is 1.92 bits per heavy atom. The summed E-state index contributed by atoms with van der Waals surface area (Å²) in [6.45, 7) is 2.83. The molecule has 0 atom stereocenters. The fourth-order valence-corrected chi connectivity index (χ4v) is 2.52. The van der Waals surface area contributed by atoms with Crippen LogP contribution in [-0.4, -0.2) is 60.1 Å². The topological polar surface area (TPSA) is 71.5 Å². The Labute approximate surface area is 156 Å². The zero-order chi connectivity index (χ0) is 18.6. The Morgan fingerprint density at radius 1 is 1.20 bits per heavy atom. The second-order valence-electron chi connectivity index (χ2n) is 5.48. The zero-order valence-electron chi connectivity index (χ0n) is 14.5. The van der Waals surface area contributed by atoms with Gasteiger partial charge in [-0.2, -0.15) is 4.98 Å². The van der Waals surface area contributed by atoms with Crippen LogP contribution in [0.25, 0.3) is 0 Å². The number of carbonyl (C=O) groups is 1. The molecule has 0 saturated heterocycles. The third-order valence-electron chi connectivity index (χ3n) is 3.50. The van der Waals surface area contributed by atoms with E-state index in [4.69, 9.17) is 27.9 Å². The molecule has 0 aliphatic rings. The molecule has 2 heterocycles. The quantitative estimate of drug-likeness (QED) is 0.763. The summed E-state index contributed by atoms with van der Waals surface area (Å²) in [4.78, 5) is 28.5. The van der Waals surface area contributed by atoms with Crippen LogP contribution < -0.4 is 9.64 Å². The number of pyridine rings is 1. The molecule has 0 saturated carbocycles. The molecular weight excluding hydrogens is 365 g/mol. The third kappa shape index (κ3) is 4.93. The number of rotatable bonds is 6. The van der Waals surface area contributed by atoms with Crippen LogP contribution in [0.5, 0.6) is 5.88 Å². The largest absolute Gasteiger partial charge is 0.481 e. The second kappa shape index (κ2) is 8.31. The van der Waals surface area contributed by atoms with Crippen LogP contribution in [0.15, 0.2) is 18.3 Å². The number of amides is 1. The van der Waals surface area contributed by atoms with Crippen LogP contribution in [0.4, 0.5) is 5.95 Å². The molecule has 0 aliphatic heterocycles. The minimum Gasteiger partial charge on any atom is -0.481 e. The lowest BCUT2D eigenvalue weighted by molar-refractivity contribution is 0.0793. The molecular formula is C16H19Cl2N5O2. The Balaban J connectivity index is 2.02. The number of ether oxygens (including phenoxy) is 1. The van der Waals surface area contributed by atoms with E-state index >= 15 is 0 Å². The predicted molar refractivity (Wildman–Crippen MR) is 97.8 cm³/mol. The van der Waals surface area contributed by atoms with Crippen LogP contribution in [0.3, 0.4) is 0 Å². The molecule has 9 heteroatoms. The maximum Gasteiger partial charge on any atom is 0.273 e. The summed E-state index contributed by atoms with van der Waals surface area (Å²) in [7, 11) is 5.08. The number of methoxy groups -OCH3 is 1. The molecule has 1 amide bonds. The minimum atomic E-state index is -0.280. The summed E-state index contributed by atoms with van der Waals surface area (Å²) in [5.74, 6) is 0.745. The average Bonchev–Trinajstić information content (AvgIpc) is 2.58. The monoisotopic (exact) mass is 383 g/mol. The van der Waals surface area contributed by atoms with Crippen molar-refractivity contribution in [3.05, 3.63) is 39.8 Å². The van der Waals surface area contributed by atoms with E-state index in [9.17, 15) is 4.79 Å². The molecule has 2 rings (SSSR count). The molecule has 134 valence electrons. The van der Waals surface area contributed by atoms with Crippen LogP contribution in [0.2, 0.25) is 10.0 Å².